The lowest BCUT2D eigenvalue weighted by atomic mass is 9.96. The molecule has 1 N–H and O–H groups in total. The first-order chi connectivity index (χ1) is 11.6. The monoisotopic (exact) mass is 344 g/mol. The number of benzene rings is 1. The Morgan fingerprint density at radius 2 is 2.00 bits per heavy atom. The summed E-state index contributed by atoms with van der Waals surface area (Å²) in [5, 5.41) is 4.05. The first-order valence-corrected chi connectivity index (χ1v) is 9.31. The lowest BCUT2D eigenvalue weighted by Crippen LogP contribution is -2.40. The molecule has 0 bridgehead atoms. The largest absolute Gasteiger partial charge is 0.352 e. The van der Waals surface area contributed by atoms with Crippen molar-refractivity contribution in [2.45, 2.75) is 39.2 Å². The van der Waals surface area contributed by atoms with Gasteiger partial charge in [-0.05, 0) is 18.4 Å². The number of carbonyl (C=O) groups is 1. The van der Waals surface area contributed by atoms with Gasteiger partial charge in [0.2, 0.25) is 11.0 Å². The van der Waals surface area contributed by atoms with E-state index in [9.17, 15) is 4.79 Å². The molecule has 1 amide bonds. The number of rotatable bonds is 5. The van der Waals surface area contributed by atoms with Crippen LogP contribution in [0.25, 0.3) is 0 Å². The number of aromatic nitrogens is 2. The van der Waals surface area contributed by atoms with E-state index >= 15 is 0 Å². The second-order valence-electron chi connectivity index (χ2n) is 6.55. The van der Waals surface area contributed by atoms with Gasteiger partial charge in [0.1, 0.15) is 5.82 Å². The number of carbonyl (C=O) groups excluding carboxylic acids is 1. The van der Waals surface area contributed by atoms with Crippen LogP contribution in [0.2, 0.25) is 0 Å². The smallest absolute Gasteiger partial charge is 0.223 e. The van der Waals surface area contributed by atoms with Crippen LogP contribution in [-0.2, 0) is 11.3 Å². The standard InChI is InChI=1S/C18H24N4OS/c1-13(2)16-20-18(24-21-16)22-10-8-15(9-11-22)17(23)19-12-14-6-4-3-5-7-14/h3-7,13,15H,8-12H2,1-2H3,(H,19,23). The Kier molecular flexibility index (Phi) is 5.45. The summed E-state index contributed by atoms with van der Waals surface area (Å²) in [6.07, 6.45) is 1.74. The molecule has 128 valence electrons. The van der Waals surface area contributed by atoms with Crippen molar-refractivity contribution in [1.29, 1.82) is 0 Å². The maximum atomic E-state index is 12.4. The highest BCUT2D eigenvalue weighted by Gasteiger charge is 2.26. The Bertz CT molecular complexity index is 663. The molecule has 0 radical (unpaired) electrons. The molecule has 0 aliphatic carbocycles. The number of nitrogens with zero attached hydrogens (tertiary/aromatic N) is 3. The Labute approximate surface area is 147 Å². The zero-order valence-corrected chi connectivity index (χ0v) is 15.1. The third-order valence-corrected chi connectivity index (χ3v) is 5.18. The lowest BCUT2D eigenvalue weighted by molar-refractivity contribution is -0.125. The van der Waals surface area contributed by atoms with Crippen molar-refractivity contribution < 1.29 is 4.79 Å². The van der Waals surface area contributed by atoms with E-state index in [2.05, 4.69) is 33.4 Å². The highest BCUT2D eigenvalue weighted by Crippen LogP contribution is 2.26. The maximum Gasteiger partial charge on any atom is 0.223 e. The summed E-state index contributed by atoms with van der Waals surface area (Å²) in [6, 6.07) is 10.0. The Morgan fingerprint density at radius 3 is 2.62 bits per heavy atom. The molecule has 6 heteroatoms. The SMILES string of the molecule is CC(C)c1nsc(N2CCC(C(=O)NCc3ccccc3)CC2)n1. The quantitative estimate of drug-likeness (QED) is 0.905. The lowest BCUT2D eigenvalue weighted by Gasteiger charge is -2.30. The van der Waals surface area contributed by atoms with Crippen molar-refractivity contribution in [3.63, 3.8) is 0 Å². The van der Waals surface area contributed by atoms with Gasteiger partial charge in [0.05, 0.1) is 0 Å². The topological polar surface area (TPSA) is 58.1 Å². The number of amides is 1. The molecule has 24 heavy (non-hydrogen) atoms. The molecule has 1 saturated heterocycles. The van der Waals surface area contributed by atoms with Crippen molar-refractivity contribution in [2.75, 3.05) is 18.0 Å². The van der Waals surface area contributed by atoms with Gasteiger partial charge in [0.15, 0.2) is 0 Å². The van der Waals surface area contributed by atoms with E-state index in [1.165, 1.54) is 11.5 Å². The first kappa shape index (κ1) is 16.9. The molecule has 1 aliphatic heterocycles. The average Bonchev–Trinajstić information content (AvgIpc) is 3.11. The summed E-state index contributed by atoms with van der Waals surface area (Å²) >= 11 is 1.47. The van der Waals surface area contributed by atoms with Crippen molar-refractivity contribution in [2.24, 2.45) is 5.92 Å². The van der Waals surface area contributed by atoms with Crippen LogP contribution in [0.1, 0.15) is 44.0 Å². The number of nitrogens with one attached hydrogen (secondary N) is 1. The number of piperidine rings is 1. The zero-order chi connectivity index (χ0) is 16.9. The minimum atomic E-state index is 0.0995. The highest BCUT2D eigenvalue weighted by molar-refractivity contribution is 7.09. The van der Waals surface area contributed by atoms with Gasteiger partial charge in [-0.25, -0.2) is 4.98 Å². The van der Waals surface area contributed by atoms with Crippen LogP contribution in [0.15, 0.2) is 30.3 Å². The normalized spacial score (nSPS) is 15.7. The molecular formula is C18H24N4OS. The Balaban J connectivity index is 1.48. The molecule has 1 aromatic carbocycles. The van der Waals surface area contributed by atoms with Gasteiger partial charge >= 0.3 is 0 Å². The second-order valence-corrected chi connectivity index (χ2v) is 7.28. The molecule has 0 saturated carbocycles. The van der Waals surface area contributed by atoms with Crippen molar-refractivity contribution in [3.8, 4) is 0 Å². The fourth-order valence-electron chi connectivity index (χ4n) is 2.85. The maximum absolute atomic E-state index is 12.4. The van der Waals surface area contributed by atoms with Gasteiger partial charge in [-0.3, -0.25) is 4.79 Å². The number of anilines is 1. The summed E-state index contributed by atoms with van der Waals surface area (Å²) in [7, 11) is 0. The Hall–Kier alpha value is -1.95. The van der Waals surface area contributed by atoms with E-state index in [0.717, 1.165) is 42.5 Å². The molecule has 1 fully saturated rings. The molecule has 1 aliphatic rings. The third-order valence-electron chi connectivity index (χ3n) is 4.39. The van der Waals surface area contributed by atoms with Crippen LogP contribution in [0.5, 0.6) is 0 Å². The molecule has 2 heterocycles. The predicted molar refractivity (Wildman–Crippen MR) is 97.2 cm³/mol. The van der Waals surface area contributed by atoms with Crippen LogP contribution in [0, 0.1) is 5.92 Å². The number of hydrogen-bond donors (Lipinski definition) is 1. The molecule has 0 unspecified atom stereocenters. The van der Waals surface area contributed by atoms with Crippen LogP contribution >= 0.6 is 11.5 Å². The summed E-state index contributed by atoms with van der Waals surface area (Å²) in [6.45, 7) is 6.56. The van der Waals surface area contributed by atoms with Crippen LogP contribution in [0.4, 0.5) is 5.13 Å². The summed E-state index contributed by atoms with van der Waals surface area (Å²) in [4.78, 5) is 19.2. The molecule has 0 spiro atoms. The first-order valence-electron chi connectivity index (χ1n) is 8.53. The van der Waals surface area contributed by atoms with Gasteiger partial charge < -0.3 is 10.2 Å². The van der Waals surface area contributed by atoms with Gasteiger partial charge in [-0.2, -0.15) is 4.37 Å². The van der Waals surface area contributed by atoms with Gasteiger partial charge in [-0.1, -0.05) is 44.2 Å². The highest BCUT2D eigenvalue weighted by atomic mass is 32.1. The van der Waals surface area contributed by atoms with Gasteiger partial charge in [0.25, 0.3) is 0 Å². The minimum absolute atomic E-state index is 0.0995. The van der Waals surface area contributed by atoms with E-state index < -0.39 is 0 Å². The summed E-state index contributed by atoms with van der Waals surface area (Å²) < 4.78 is 4.42. The third kappa shape index (κ3) is 4.12. The molecular weight excluding hydrogens is 320 g/mol. The van der Waals surface area contributed by atoms with Crippen LogP contribution in [0.3, 0.4) is 0 Å². The summed E-state index contributed by atoms with van der Waals surface area (Å²) in [5.74, 6) is 1.54. The Morgan fingerprint density at radius 1 is 1.29 bits per heavy atom. The van der Waals surface area contributed by atoms with Gasteiger partial charge in [0, 0.05) is 43.0 Å². The van der Waals surface area contributed by atoms with Crippen molar-refractivity contribution in [3.05, 3.63) is 41.7 Å². The molecule has 2 aromatic rings. The van der Waals surface area contributed by atoms with E-state index in [-0.39, 0.29) is 11.8 Å². The fourth-order valence-corrected chi connectivity index (χ4v) is 3.71. The van der Waals surface area contributed by atoms with Crippen molar-refractivity contribution in [1.82, 2.24) is 14.7 Å². The van der Waals surface area contributed by atoms with Gasteiger partial charge in [-0.15, -0.1) is 0 Å². The average molecular weight is 344 g/mol. The molecule has 0 atom stereocenters. The van der Waals surface area contributed by atoms with Crippen LogP contribution < -0.4 is 10.2 Å². The zero-order valence-electron chi connectivity index (χ0n) is 14.2. The molecule has 3 rings (SSSR count). The van der Waals surface area contributed by atoms with E-state index in [4.69, 9.17) is 0 Å². The van der Waals surface area contributed by atoms with E-state index in [1.807, 2.05) is 30.3 Å². The summed E-state index contributed by atoms with van der Waals surface area (Å²) in [5.41, 5.74) is 1.14. The fraction of sp³-hybridized carbons (Fsp3) is 0.500. The minimum Gasteiger partial charge on any atom is -0.352 e. The van der Waals surface area contributed by atoms with Crippen molar-refractivity contribution >= 4 is 22.6 Å². The molecule has 1 aromatic heterocycles. The van der Waals surface area contributed by atoms with E-state index in [1.54, 1.807) is 0 Å². The van der Waals surface area contributed by atoms with E-state index in [0.29, 0.717) is 12.5 Å². The predicted octanol–water partition coefficient (Wildman–Crippen LogP) is 3.19. The second kappa shape index (κ2) is 7.75. The number of hydrogen-bond acceptors (Lipinski definition) is 5. The molecule has 5 nitrogen and oxygen atoms in total. The van der Waals surface area contributed by atoms with Crippen LogP contribution in [-0.4, -0.2) is 28.4 Å².